The lowest BCUT2D eigenvalue weighted by molar-refractivity contribution is 0.0955. The summed E-state index contributed by atoms with van der Waals surface area (Å²) < 4.78 is 2.54. The van der Waals surface area contributed by atoms with Crippen molar-refractivity contribution in [2.75, 3.05) is 0 Å². The number of nitrogens with zero attached hydrogens (tertiary/aromatic N) is 1. The van der Waals surface area contributed by atoms with Crippen molar-refractivity contribution in [1.29, 1.82) is 0 Å². The molecule has 2 aromatic carbocycles. The third-order valence-electron chi connectivity index (χ3n) is 2.51. The van der Waals surface area contributed by atoms with Crippen LogP contribution in [0.1, 0.15) is 15.9 Å². The van der Waals surface area contributed by atoms with Crippen LogP contribution in [0.25, 0.3) is 0 Å². The molecule has 0 saturated carbocycles. The van der Waals surface area contributed by atoms with Gasteiger partial charge in [-0.1, -0.05) is 22.0 Å². The Morgan fingerprint density at radius 1 is 1.29 bits per heavy atom. The Bertz CT molecular complexity index is 720. The molecule has 0 saturated heterocycles. The molecule has 0 radical (unpaired) electrons. The molecule has 0 spiro atoms. The summed E-state index contributed by atoms with van der Waals surface area (Å²) in [4.78, 5) is 11.9. The Labute approximate surface area is 157 Å². The number of aromatic hydroxyl groups is 1. The summed E-state index contributed by atoms with van der Waals surface area (Å²) in [6.45, 7) is 0. The molecule has 0 aliphatic rings. The molecule has 0 atom stereocenters. The third-order valence-corrected chi connectivity index (χ3v) is 4.45. The van der Waals surface area contributed by atoms with E-state index in [0.717, 1.165) is 11.6 Å². The minimum Gasteiger partial charge on any atom is -0.506 e. The van der Waals surface area contributed by atoms with E-state index < -0.39 is 0 Å². The first-order chi connectivity index (χ1) is 9.97. The lowest BCUT2D eigenvalue weighted by Crippen LogP contribution is -2.17. The number of rotatable bonds is 3. The van der Waals surface area contributed by atoms with Crippen molar-refractivity contribution >= 4 is 73.2 Å². The van der Waals surface area contributed by atoms with E-state index in [4.69, 9.17) is 0 Å². The molecule has 7 heteroatoms. The van der Waals surface area contributed by atoms with Crippen LogP contribution in [0.2, 0.25) is 0 Å². The van der Waals surface area contributed by atoms with Gasteiger partial charge in [0.1, 0.15) is 5.75 Å². The SMILES string of the molecule is O=C(NN=Cc1cc(I)cc(I)c1O)c1cccc(Br)c1. The smallest absolute Gasteiger partial charge is 0.271 e. The summed E-state index contributed by atoms with van der Waals surface area (Å²) in [6, 6.07) is 10.7. The molecule has 1 amide bonds. The molecular weight excluding hydrogens is 562 g/mol. The average Bonchev–Trinajstić information content (AvgIpc) is 2.43. The lowest BCUT2D eigenvalue weighted by atomic mass is 10.2. The number of carbonyl (C=O) groups excluding carboxylic acids is 1. The second kappa shape index (κ2) is 7.54. The Hall–Kier alpha value is -0.680. The third kappa shape index (κ3) is 4.65. The van der Waals surface area contributed by atoms with Crippen LogP contribution in [0.15, 0.2) is 46.0 Å². The van der Waals surface area contributed by atoms with Crippen molar-refractivity contribution in [2.24, 2.45) is 5.10 Å². The van der Waals surface area contributed by atoms with Gasteiger partial charge in [0.15, 0.2) is 0 Å². The number of amides is 1. The molecule has 0 aliphatic carbocycles. The van der Waals surface area contributed by atoms with Crippen molar-refractivity contribution in [2.45, 2.75) is 0 Å². The van der Waals surface area contributed by atoms with Gasteiger partial charge in [-0.25, -0.2) is 5.43 Å². The van der Waals surface area contributed by atoms with Crippen LogP contribution >= 0.6 is 61.1 Å². The summed E-state index contributed by atoms with van der Waals surface area (Å²) in [6.07, 6.45) is 1.43. The molecule has 0 unspecified atom stereocenters. The maximum absolute atomic E-state index is 11.9. The average molecular weight is 571 g/mol. The van der Waals surface area contributed by atoms with Gasteiger partial charge in [0, 0.05) is 19.2 Å². The predicted molar refractivity (Wildman–Crippen MR) is 103 cm³/mol. The number of nitrogens with one attached hydrogen (secondary N) is 1. The molecule has 2 rings (SSSR count). The number of halogens is 3. The lowest BCUT2D eigenvalue weighted by Gasteiger charge is -2.03. The molecular formula is C14H9BrI2N2O2. The summed E-state index contributed by atoms with van der Waals surface area (Å²) in [5, 5.41) is 13.8. The fraction of sp³-hybridized carbons (Fsp3) is 0. The first kappa shape index (κ1) is 16.7. The van der Waals surface area contributed by atoms with Gasteiger partial charge in [-0.3, -0.25) is 4.79 Å². The van der Waals surface area contributed by atoms with E-state index in [1.54, 1.807) is 24.3 Å². The Kier molecular flexibility index (Phi) is 5.99. The zero-order valence-electron chi connectivity index (χ0n) is 10.5. The first-order valence-corrected chi connectivity index (χ1v) is 8.69. The van der Waals surface area contributed by atoms with E-state index in [1.165, 1.54) is 6.21 Å². The van der Waals surface area contributed by atoms with Gasteiger partial charge in [0.05, 0.1) is 9.78 Å². The van der Waals surface area contributed by atoms with E-state index in [2.05, 4.69) is 49.0 Å². The topological polar surface area (TPSA) is 61.7 Å². The standard InChI is InChI=1S/C14H9BrI2N2O2/c15-10-3-1-2-8(4-10)14(21)19-18-7-9-5-11(16)6-12(17)13(9)20/h1-7,20H,(H,19,21). The largest absolute Gasteiger partial charge is 0.506 e. The fourth-order valence-corrected chi connectivity index (χ4v) is 3.83. The summed E-state index contributed by atoms with van der Waals surface area (Å²) in [7, 11) is 0. The van der Waals surface area contributed by atoms with Crippen molar-refractivity contribution in [3.63, 3.8) is 0 Å². The van der Waals surface area contributed by atoms with Gasteiger partial charge >= 0.3 is 0 Å². The molecule has 21 heavy (non-hydrogen) atoms. The molecule has 2 N–H and O–H groups in total. The molecule has 2 aromatic rings. The minimum absolute atomic E-state index is 0.150. The van der Waals surface area contributed by atoms with Crippen molar-refractivity contribution < 1.29 is 9.90 Å². The second-order valence-corrected chi connectivity index (χ2v) is 7.36. The zero-order chi connectivity index (χ0) is 15.4. The predicted octanol–water partition coefficient (Wildman–Crippen LogP) is 4.13. The van der Waals surface area contributed by atoms with Crippen LogP contribution in [-0.4, -0.2) is 17.2 Å². The van der Waals surface area contributed by atoms with Crippen LogP contribution in [0.5, 0.6) is 5.75 Å². The molecule has 0 aromatic heterocycles. The number of hydrogen-bond acceptors (Lipinski definition) is 3. The summed E-state index contributed by atoms with van der Waals surface area (Å²) >= 11 is 7.51. The molecule has 108 valence electrons. The van der Waals surface area contributed by atoms with Gasteiger partial charge in [-0.05, 0) is 75.5 Å². The maximum atomic E-state index is 11.9. The van der Waals surface area contributed by atoms with Crippen molar-refractivity contribution in [3.05, 3.63) is 59.1 Å². The monoisotopic (exact) mass is 570 g/mol. The van der Waals surface area contributed by atoms with E-state index in [1.807, 2.05) is 34.7 Å². The van der Waals surface area contributed by atoms with Crippen LogP contribution in [0, 0.1) is 7.14 Å². The first-order valence-electron chi connectivity index (χ1n) is 5.74. The summed E-state index contributed by atoms with van der Waals surface area (Å²) in [5.74, 6) is -0.163. The minimum atomic E-state index is -0.313. The van der Waals surface area contributed by atoms with E-state index in [0.29, 0.717) is 11.1 Å². The number of carbonyl (C=O) groups is 1. The molecule has 0 bridgehead atoms. The van der Waals surface area contributed by atoms with Crippen molar-refractivity contribution in [3.8, 4) is 5.75 Å². The van der Waals surface area contributed by atoms with Gasteiger partial charge in [-0.15, -0.1) is 0 Å². The van der Waals surface area contributed by atoms with E-state index in [-0.39, 0.29) is 11.7 Å². The zero-order valence-corrected chi connectivity index (χ0v) is 16.4. The number of phenols is 1. The van der Waals surface area contributed by atoms with Gasteiger partial charge < -0.3 is 5.11 Å². The molecule has 4 nitrogen and oxygen atoms in total. The number of hydrogen-bond donors (Lipinski definition) is 2. The number of benzene rings is 2. The van der Waals surface area contributed by atoms with Crippen LogP contribution in [-0.2, 0) is 0 Å². The highest BCUT2D eigenvalue weighted by Crippen LogP contribution is 2.25. The van der Waals surface area contributed by atoms with Crippen LogP contribution in [0.3, 0.4) is 0 Å². The van der Waals surface area contributed by atoms with E-state index in [9.17, 15) is 9.90 Å². The van der Waals surface area contributed by atoms with E-state index >= 15 is 0 Å². The number of phenolic OH excluding ortho intramolecular Hbond substituents is 1. The van der Waals surface area contributed by atoms with Gasteiger partial charge in [0.2, 0.25) is 0 Å². The molecule has 0 aliphatic heterocycles. The van der Waals surface area contributed by atoms with Crippen LogP contribution in [0.4, 0.5) is 0 Å². The number of hydrazone groups is 1. The summed E-state index contributed by atoms with van der Waals surface area (Å²) in [5.41, 5.74) is 3.49. The molecule has 0 fully saturated rings. The highest BCUT2D eigenvalue weighted by Gasteiger charge is 2.06. The Balaban J connectivity index is 2.11. The highest BCUT2D eigenvalue weighted by atomic mass is 127. The fourth-order valence-electron chi connectivity index (χ4n) is 1.54. The Morgan fingerprint density at radius 3 is 2.76 bits per heavy atom. The van der Waals surface area contributed by atoms with Crippen LogP contribution < -0.4 is 5.43 Å². The van der Waals surface area contributed by atoms with Gasteiger partial charge in [0.25, 0.3) is 5.91 Å². The van der Waals surface area contributed by atoms with Gasteiger partial charge in [-0.2, -0.15) is 5.10 Å². The van der Waals surface area contributed by atoms with Crippen molar-refractivity contribution in [1.82, 2.24) is 5.43 Å². The molecule has 0 heterocycles. The second-order valence-electron chi connectivity index (χ2n) is 4.03. The normalized spacial score (nSPS) is 10.8. The Morgan fingerprint density at radius 2 is 2.05 bits per heavy atom. The highest BCUT2D eigenvalue weighted by molar-refractivity contribution is 14.1. The quantitative estimate of drug-likeness (QED) is 0.331. The maximum Gasteiger partial charge on any atom is 0.271 e.